The number of carboxylic acid groups (broad SMARTS) is 1. The zero-order valence-corrected chi connectivity index (χ0v) is 29.6. The van der Waals surface area contributed by atoms with Crippen LogP contribution in [0, 0.1) is 10.8 Å². The molecule has 0 unspecified atom stereocenters. The predicted octanol–water partition coefficient (Wildman–Crippen LogP) is 3.78. The lowest BCUT2D eigenvalue weighted by atomic mass is 9.85. The number of aliphatic hydroxyl groups excluding tert-OH is 1. The second-order valence-corrected chi connectivity index (χ2v) is 14.0. The predicted molar refractivity (Wildman–Crippen MR) is 190 cm³/mol. The van der Waals surface area contributed by atoms with Gasteiger partial charge in [0.15, 0.2) is 0 Å². The molecule has 3 rings (SSSR count). The molecule has 0 spiro atoms. The highest BCUT2D eigenvalue weighted by molar-refractivity contribution is 5.86. The van der Waals surface area contributed by atoms with Crippen molar-refractivity contribution in [2.24, 2.45) is 10.8 Å². The summed E-state index contributed by atoms with van der Waals surface area (Å²) in [6, 6.07) is 20.2. The van der Waals surface area contributed by atoms with Gasteiger partial charge in [-0.05, 0) is 35.1 Å². The lowest BCUT2D eigenvalue weighted by molar-refractivity contribution is -0.127. The molecule has 3 aromatic rings. The molecule has 4 atom stereocenters. The minimum atomic E-state index is -1.31. The molecule has 50 heavy (non-hydrogen) atoms. The number of methoxy groups -OCH3 is 1. The number of aliphatic hydroxyl groups is 1. The smallest absolute Gasteiger partial charge is 0.407 e. The highest BCUT2D eigenvalue weighted by atomic mass is 16.5. The molecule has 6 N–H and O–H groups in total. The number of nitrogens with one attached hydrogen (secondary N) is 4. The maximum absolute atomic E-state index is 13.7. The van der Waals surface area contributed by atoms with Crippen LogP contribution in [-0.4, -0.2) is 89.0 Å². The van der Waals surface area contributed by atoms with Crippen LogP contribution in [-0.2, 0) is 27.3 Å². The summed E-state index contributed by atoms with van der Waals surface area (Å²) < 4.78 is 4.76. The van der Waals surface area contributed by atoms with E-state index in [2.05, 4.69) is 26.4 Å². The third-order valence-electron chi connectivity index (χ3n) is 8.38. The topological polar surface area (TPSA) is 182 Å². The number of hydrogen-bond acceptors (Lipinski definition) is 9. The largest absolute Gasteiger partial charge is 0.465 e. The van der Waals surface area contributed by atoms with Crippen LogP contribution in [0.3, 0.4) is 0 Å². The Labute approximate surface area is 293 Å². The monoisotopic (exact) mass is 690 g/mol. The van der Waals surface area contributed by atoms with Gasteiger partial charge in [-0.2, -0.15) is 0 Å². The fourth-order valence-electron chi connectivity index (χ4n) is 5.31. The third kappa shape index (κ3) is 12.2. The number of alkyl carbamates (subject to hydrolysis) is 1. The first-order chi connectivity index (χ1) is 23.6. The van der Waals surface area contributed by atoms with Crippen LogP contribution in [0.25, 0.3) is 11.3 Å². The number of hydrogen-bond donors (Lipinski definition) is 6. The van der Waals surface area contributed by atoms with Crippen molar-refractivity contribution < 1.29 is 34.1 Å². The van der Waals surface area contributed by atoms with E-state index in [1.165, 1.54) is 7.11 Å². The fraction of sp³-hybridized carbons (Fsp3) is 0.432. The number of nitrogens with zero attached hydrogens (tertiary/aromatic N) is 2. The van der Waals surface area contributed by atoms with Gasteiger partial charge < -0.3 is 35.7 Å². The quantitative estimate of drug-likeness (QED) is 0.0901. The lowest BCUT2D eigenvalue weighted by Gasteiger charge is -2.36. The number of rotatable bonds is 17. The summed E-state index contributed by atoms with van der Waals surface area (Å²) in [5, 5.41) is 30.7. The Hall–Kier alpha value is -4.85. The molecular weight excluding hydrogens is 640 g/mol. The van der Waals surface area contributed by atoms with E-state index in [1.54, 1.807) is 25.1 Å². The summed E-state index contributed by atoms with van der Waals surface area (Å²) in [6.45, 7) is 9.46. The molecule has 13 heteroatoms. The number of carbonyl (C=O) groups excluding carboxylic acids is 3. The lowest BCUT2D eigenvalue weighted by Crippen LogP contribution is -2.59. The number of ether oxygens (including phenoxy) is 1. The van der Waals surface area contributed by atoms with Gasteiger partial charge in [-0.15, -0.1) is 0 Å². The molecule has 2 aromatic carbocycles. The number of pyridine rings is 1. The first-order valence-electron chi connectivity index (χ1n) is 16.4. The average molecular weight is 691 g/mol. The van der Waals surface area contributed by atoms with Gasteiger partial charge in [0.2, 0.25) is 5.91 Å². The normalized spacial score (nSPS) is 14.2. The summed E-state index contributed by atoms with van der Waals surface area (Å²) in [7, 11) is 1.22. The molecule has 0 fully saturated rings. The number of aldehydes is 1. The Morgan fingerprint density at radius 1 is 0.900 bits per heavy atom. The Morgan fingerprint density at radius 3 is 2.12 bits per heavy atom. The van der Waals surface area contributed by atoms with Crippen LogP contribution < -0.4 is 21.4 Å². The standard InChI is InChI=1S/C37H50N6O7/c1-36(2,3)32(42-35(49)50-6)33(46)40-29(20-25-12-8-7-9-13-25)30(45)22-43(39-24-37(4,5)31(23-44)41-34(47)48)21-26-15-17-27(18-16-26)28-14-10-11-19-38-28/h7-19,23,29-32,39,41,45H,20-22,24H2,1-6H3,(H,40,46)(H,42,49)(H,47,48)/t29-,30-,31+,32+/m0/s1. The summed E-state index contributed by atoms with van der Waals surface area (Å²) in [5.74, 6) is -0.484. The SMILES string of the molecule is COC(=O)N[C@H](C(=O)N[C@@H](Cc1ccccc1)[C@@H](O)CN(Cc1ccc(-c2ccccn2)cc1)NCC(C)(C)[C@@H](C=O)NC(=O)O)C(C)(C)C. The van der Waals surface area contributed by atoms with Crippen molar-refractivity contribution in [2.75, 3.05) is 20.2 Å². The number of hydrazine groups is 1. The van der Waals surface area contributed by atoms with Gasteiger partial charge in [0.05, 0.1) is 31.0 Å². The van der Waals surface area contributed by atoms with E-state index in [0.717, 1.165) is 22.4 Å². The number of carbonyl (C=O) groups is 4. The number of amides is 3. The average Bonchev–Trinajstić information content (AvgIpc) is 3.08. The molecule has 270 valence electrons. The van der Waals surface area contributed by atoms with Gasteiger partial charge in [0, 0.05) is 36.8 Å². The molecule has 1 aromatic heterocycles. The van der Waals surface area contributed by atoms with Crippen molar-refractivity contribution in [2.45, 2.75) is 71.8 Å². The van der Waals surface area contributed by atoms with Crippen LogP contribution in [0.2, 0.25) is 0 Å². The van der Waals surface area contributed by atoms with E-state index in [4.69, 9.17) is 4.74 Å². The molecule has 1 heterocycles. The number of aromatic nitrogens is 1. The Kier molecular flexibility index (Phi) is 14.4. The molecule has 0 saturated heterocycles. The minimum Gasteiger partial charge on any atom is -0.465 e. The maximum atomic E-state index is 13.7. The number of benzene rings is 2. The van der Waals surface area contributed by atoms with Gasteiger partial charge >= 0.3 is 12.2 Å². The van der Waals surface area contributed by atoms with E-state index in [-0.39, 0.29) is 19.5 Å². The maximum Gasteiger partial charge on any atom is 0.407 e. The van der Waals surface area contributed by atoms with Crippen molar-refractivity contribution in [3.63, 3.8) is 0 Å². The highest BCUT2D eigenvalue weighted by Crippen LogP contribution is 2.22. The molecule has 13 nitrogen and oxygen atoms in total. The highest BCUT2D eigenvalue weighted by Gasteiger charge is 2.36. The Balaban J connectivity index is 1.91. The van der Waals surface area contributed by atoms with E-state index in [9.17, 15) is 29.4 Å². The molecular formula is C37H50N6O7. The Morgan fingerprint density at radius 2 is 1.56 bits per heavy atom. The summed E-state index contributed by atoms with van der Waals surface area (Å²) in [4.78, 5) is 53.5. The van der Waals surface area contributed by atoms with Crippen LogP contribution >= 0.6 is 0 Å². The molecule has 3 amide bonds. The summed E-state index contributed by atoms with van der Waals surface area (Å²) >= 11 is 0. The first kappa shape index (κ1) is 39.6. The summed E-state index contributed by atoms with van der Waals surface area (Å²) in [6.07, 6.45) is -0.616. The van der Waals surface area contributed by atoms with E-state index >= 15 is 0 Å². The van der Waals surface area contributed by atoms with Crippen LogP contribution in [0.5, 0.6) is 0 Å². The van der Waals surface area contributed by atoms with Crippen molar-refractivity contribution in [1.29, 1.82) is 0 Å². The minimum absolute atomic E-state index is 0.0264. The van der Waals surface area contributed by atoms with Gasteiger partial charge in [-0.1, -0.05) is 95.3 Å². The molecule has 0 aliphatic carbocycles. The van der Waals surface area contributed by atoms with Crippen LogP contribution in [0.4, 0.5) is 9.59 Å². The van der Waals surface area contributed by atoms with E-state index < -0.39 is 53.2 Å². The van der Waals surface area contributed by atoms with Gasteiger partial charge in [-0.3, -0.25) is 15.2 Å². The van der Waals surface area contributed by atoms with Gasteiger partial charge in [-0.25, -0.2) is 14.6 Å². The van der Waals surface area contributed by atoms with E-state index in [1.807, 2.05) is 93.6 Å². The molecule has 0 aliphatic rings. The van der Waals surface area contributed by atoms with Crippen LogP contribution in [0.15, 0.2) is 79.0 Å². The second kappa shape index (κ2) is 18.2. The second-order valence-electron chi connectivity index (χ2n) is 14.0. The van der Waals surface area contributed by atoms with Gasteiger partial charge in [0.25, 0.3) is 0 Å². The summed E-state index contributed by atoms with van der Waals surface area (Å²) in [5.41, 5.74) is 5.31. The third-order valence-corrected chi connectivity index (χ3v) is 8.38. The molecule has 0 radical (unpaired) electrons. The first-order valence-corrected chi connectivity index (χ1v) is 16.4. The van der Waals surface area contributed by atoms with Crippen molar-refractivity contribution >= 4 is 24.4 Å². The molecule has 0 saturated carbocycles. The van der Waals surface area contributed by atoms with Crippen molar-refractivity contribution in [1.82, 2.24) is 31.4 Å². The zero-order chi connectivity index (χ0) is 36.9. The van der Waals surface area contributed by atoms with Crippen molar-refractivity contribution in [3.8, 4) is 11.3 Å². The molecule has 0 aliphatic heterocycles. The fourth-order valence-corrected chi connectivity index (χ4v) is 5.31. The zero-order valence-electron chi connectivity index (χ0n) is 29.6. The Bertz CT molecular complexity index is 1530. The van der Waals surface area contributed by atoms with Crippen LogP contribution in [0.1, 0.15) is 45.7 Å². The molecule has 0 bridgehead atoms. The van der Waals surface area contributed by atoms with E-state index in [0.29, 0.717) is 12.8 Å². The van der Waals surface area contributed by atoms with Crippen molar-refractivity contribution in [3.05, 3.63) is 90.1 Å². The van der Waals surface area contributed by atoms with Gasteiger partial charge in [0.1, 0.15) is 12.3 Å².